The van der Waals surface area contributed by atoms with Crippen LogP contribution < -0.4 is 0 Å². The van der Waals surface area contributed by atoms with Gasteiger partial charge in [0.2, 0.25) is 0 Å². The van der Waals surface area contributed by atoms with Gasteiger partial charge in [-0.1, -0.05) is 71.1 Å². The standard InChI is InChI=1S/C14H28F/c1-3-4-5-6-7-8-9-10-11-12-13-14(2)15/h14H,1,3-13H2,2H3. The monoisotopic (exact) mass is 215 g/mol. The highest BCUT2D eigenvalue weighted by molar-refractivity contribution is 4.51. The Morgan fingerprint density at radius 2 is 1.20 bits per heavy atom. The minimum absolute atomic E-state index is 0.604. The molecule has 0 nitrogen and oxygen atoms in total. The van der Waals surface area contributed by atoms with E-state index < -0.39 is 6.17 Å². The van der Waals surface area contributed by atoms with Crippen LogP contribution in [0.15, 0.2) is 0 Å². The Kier molecular flexibility index (Phi) is 11.9. The Hall–Kier alpha value is -0.0700. The first-order chi connectivity index (χ1) is 7.27. The van der Waals surface area contributed by atoms with Crippen molar-refractivity contribution in [1.29, 1.82) is 0 Å². The molecule has 0 spiro atoms. The lowest BCUT2D eigenvalue weighted by atomic mass is 10.1. The summed E-state index contributed by atoms with van der Waals surface area (Å²) >= 11 is 0. The van der Waals surface area contributed by atoms with E-state index >= 15 is 0 Å². The largest absolute Gasteiger partial charge is 0.248 e. The first kappa shape index (κ1) is 14.9. The zero-order valence-corrected chi connectivity index (χ0v) is 10.4. The molecular formula is C14H28F. The quantitative estimate of drug-likeness (QED) is 0.401. The van der Waals surface area contributed by atoms with E-state index in [1.165, 1.54) is 51.4 Å². The van der Waals surface area contributed by atoms with Gasteiger partial charge in [0.05, 0.1) is 6.17 Å². The van der Waals surface area contributed by atoms with Crippen LogP contribution in [-0.2, 0) is 0 Å². The third-order valence-corrected chi connectivity index (χ3v) is 2.85. The van der Waals surface area contributed by atoms with E-state index in [0.717, 1.165) is 19.3 Å². The van der Waals surface area contributed by atoms with Gasteiger partial charge in [0.1, 0.15) is 0 Å². The Balaban J connectivity index is 2.87. The molecule has 1 heteroatoms. The lowest BCUT2D eigenvalue weighted by molar-refractivity contribution is 0.329. The van der Waals surface area contributed by atoms with Crippen LogP contribution in [0.4, 0.5) is 4.39 Å². The summed E-state index contributed by atoms with van der Waals surface area (Å²) in [4.78, 5) is 0. The van der Waals surface area contributed by atoms with Gasteiger partial charge in [-0.25, -0.2) is 4.39 Å². The van der Waals surface area contributed by atoms with Crippen molar-refractivity contribution in [3.8, 4) is 0 Å². The molecule has 0 saturated heterocycles. The fourth-order valence-electron chi connectivity index (χ4n) is 1.84. The fourth-order valence-corrected chi connectivity index (χ4v) is 1.84. The lowest BCUT2D eigenvalue weighted by Crippen LogP contribution is -1.91. The van der Waals surface area contributed by atoms with Crippen molar-refractivity contribution in [2.45, 2.75) is 83.7 Å². The van der Waals surface area contributed by atoms with E-state index in [9.17, 15) is 4.39 Å². The molecule has 0 amide bonds. The third kappa shape index (κ3) is 13.9. The molecule has 1 radical (unpaired) electrons. The first-order valence-electron chi connectivity index (χ1n) is 6.70. The van der Waals surface area contributed by atoms with Gasteiger partial charge in [0.15, 0.2) is 0 Å². The van der Waals surface area contributed by atoms with Gasteiger partial charge in [-0.15, -0.1) is 0 Å². The molecule has 0 N–H and O–H groups in total. The molecule has 0 heterocycles. The fraction of sp³-hybridized carbons (Fsp3) is 0.929. The molecule has 0 saturated carbocycles. The molecular weight excluding hydrogens is 187 g/mol. The zero-order valence-electron chi connectivity index (χ0n) is 10.4. The molecule has 0 rings (SSSR count). The SMILES string of the molecule is [CH2]CCCCCCCCCCCC(C)F. The molecule has 0 aromatic rings. The second-order valence-corrected chi connectivity index (χ2v) is 4.60. The second-order valence-electron chi connectivity index (χ2n) is 4.60. The summed E-state index contributed by atoms with van der Waals surface area (Å²) < 4.78 is 12.4. The first-order valence-corrected chi connectivity index (χ1v) is 6.70. The molecule has 0 bridgehead atoms. The van der Waals surface area contributed by atoms with E-state index in [4.69, 9.17) is 0 Å². The van der Waals surface area contributed by atoms with Crippen LogP contribution in [0.3, 0.4) is 0 Å². The van der Waals surface area contributed by atoms with Crippen molar-refractivity contribution in [2.24, 2.45) is 0 Å². The molecule has 15 heavy (non-hydrogen) atoms. The van der Waals surface area contributed by atoms with E-state index in [0.29, 0.717) is 0 Å². The second kappa shape index (κ2) is 12.0. The zero-order chi connectivity index (χ0) is 11.4. The van der Waals surface area contributed by atoms with Crippen LogP contribution in [0.2, 0.25) is 0 Å². The predicted octanol–water partition coefficient (Wildman–Crippen LogP) is 5.47. The van der Waals surface area contributed by atoms with E-state index in [1.807, 2.05) is 0 Å². The van der Waals surface area contributed by atoms with Gasteiger partial charge in [-0.05, 0) is 13.3 Å². The maximum Gasteiger partial charge on any atom is 0.0973 e. The summed E-state index contributed by atoms with van der Waals surface area (Å²) in [5.41, 5.74) is 0. The molecule has 1 atom stereocenters. The van der Waals surface area contributed by atoms with Gasteiger partial charge >= 0.3 is 0 Å². The Morgan fingerprint density at radius 1 is 0.800 bits per heavy atom. The molecule has 91 valence electrons. The molecule has 0 aliphatic heterocycles. The number of rotatable bonds is 11. The van der Waals surface area contributed by atoms with Crippen molar-refractivity contribution >= 4 is 0 Å². The minimum Gasteiger partial charge on any atom is -0.248 e. The Morgan fingerprint density at radius 3 is 1.60 bits per heavy atom. The van der Waals surface area contributed by atoms with Crippen LogP contribution in [-0.4, -0.2) is 6.17 Å². The summed E-state index contributed by atoms with van der Waals surface area (Å²) in [5.74, 6) is 0. The van der Waals surface area contributed by atoms with Crippen molar-refractivity contribution in [2.75, 3.05) is 0 Å². The summed E-state index contributed by atoms with van der Waals surface area (Å²) in [6.07, 6.45) is 12.9. The topological polar surface area (TPSA) is 0 Å². The van der Waals surface area contributed by atoms with Gasteiger partial charge in [-0.2, -0.15) is 0 Å². The van der Waals surface area contributed by atoms with E-state index in [1.54, 1.807) is 6.92 Å². The smallest absolute Gasteiger partial charge is 0.0973 e. The highest BCUT2D eigenvalue weighted by Gasteiger charge is 1.97. The highest BCUT2D eigenvalue weighted by Crippen LogP contribution is 2.12. The van der Waals surface area contributed by atoms with Gasteiger partial charge < -0.3 is 0 Å². The van der Waals surface area contributed by atoms with Crippen LogP contribution >= 0.6 is 0 Å². The number of halogens is 1. The molecule has 0 aromatic heterocycles. The van der Waals surface area contributed by atoms with Gasteiger partial charge in [0.25, 0.3) is 0 Å². The van der Waals surface area contributed by atoms with Gasteiger partial charge in [-0.3, -0.25) is 0 Å². The maximum atomic E-state index is 12.4. The molecule has 0 aliphatic rings. The van der Waals surface area contributed by atoms with E-state index in [2.05, 4.69) is 6.92 Å². The Labute approximate surface area is 95.6 Å². The van der Waals surface area contributed by atoms with E-state index in [-0.39, 0.29) is 0 Å². The Bertz CT molecular complexity index is 110. The summed E-state index contributed by atoms with van der Waals surface area (Å²) in [7, 11) is 0. The number of hydrogen-bond acceptors (Lipinski definition) is 0. The minimum atomic E-state index is -0.604. The lowest BCUT2D eigenvalue weighted by Gasteiger charge is -2.02. The average Bonchev–Trinajstić information content (AvgIpc) is 2.20. The average molecular weight is 215 g/mol. The van der Waals surface area contributed by atoms with Crippen molar-refractivity contribution in [3.05, 3.63) is 6.92 Å². The van der Waals surface area contributed by atoms with Crippen LogP contribution in [0.25, 0.3) is 0 Å². The highest BCUT2D eigenvalue weighted by atomic mass is 19.1. The van der Waals surface area contributed by atoms with Crippen molar-refractivity contribution in [1.82, 2.24) is 0 Å². The predicted molar refractivity (Wildman–Crippen MR) is 66.7 cm³/mol. The third-order valence-electron chi connectivity index (χ3n) is 2.85. The number of hydrogen-bond donors (Lipinski definition) is 0. The molecule has 0 fully saturated rings. The normalized spacial score (nSPS) is 13.0. The summed E-state index contributed by atoms with van der Waals surface area (Å²) in [5, 5.41) is 0. The molecule has 0 aromatic carbocycles. The number of unbranched alkanes of at least 4 members (excludes halogenated alkanes) is 9. The summed E-state index contributed by atoms with van der Waals surface area (Å²) in [6, 6.07) is 0. The maximum absolute atomic E-state index is 12.4. The van der Waals surface area contributed by atoms with Gasteiger partial charge in [0, 0.05) is 0 Å². The molecule has 1 unspecified atom stereocenters. The molecule has 0 aliphatic carbocycles. The van der Waals surface area contributed by atoms with Crippen molar-refractivity contribution < 1.29 is 4.39 Å². The van der Waals surface area contributed by atoms with Crippen LogP contribution in [0.5, 0.6) is 0 Å². The number of alkyl halides is 1. The van der Waals surface area contributed by atoms with Crippen LogP contribution in [0.1, 0.15) is 77.6 Å². The summed E-state index contributed by atoms with van der Waals surface area (Å²) in [6.45, 7) is 5.49. The van der Waals surface area contributed by atoms with Crippen LogP contribution in [0, 0.1) is 6.92 Å². The van der Waals surface area contributed by atoms with Crippen molar-refractivity contribution in [3.63, 3.8) is 0 Å².